The molecular formula is C68H72N2O2S. The van der Waals surface area contributed by atoms with Crippen LogP contribution in [0, 0.1) is 59.2 Å². The van der Waals surface area contributed by atoms with Crippen molar-refractivity contribution in [1.29, 1.82) is 0 Å². The molecule has 0 bridgehead atoms. The number of rotatable bonds is 5. The van der Waals surface area contributed by atoms with E-state index in [1.54, 1.807) is 0 Å². The van der Waals surface area contributed by atoms with Crippen molar-refractivity contribution in [3.05, 3.63) is 161 Å². The molecule has 5 heteroatoms. The largest absolute Gasteiger partial charge is 0.370 e. The van der Waals surface area contributed by atoms with E-state index in [-0.39, 0.29) is 24.4 Å². The second-order valence-electron chi connectivity index (χ2n) is 25.5. The maximum absolute atomic E-state index is 7.70. The molecule has 13 aliphatic rings. The van der Waals surface area contributed by atoms with Crippen molar-refractivity contribution in [2.75, 3.05) is 4.90 Å². The van der Waals surface area contributed by atoms with E-state index in [0.717, 1.165) is 66.6 Å². The number of thioether (sulfide) groups is 1. The Balaban J connectivity index is 0.710. The number of nitrogens with zero attached hydrogens (tertiary/aromatic N) is 2. The van der Waals surface area contributed by atoms with Gasteiger partial charge in [0, 0.05) is 67.7 Å². The van der Waals surface area contributed by atoms with Crippen LogP contribution in [0.4, 0.5) is 5.69 Å². The molecule has 0 amide bonds. The summed E-state index contributed by atoms with van der Waals surface area (Å²) in [6.45, 7) is 0. The van der Waals surface area contributed by atoms with Crippen molar-refractivity contribution < 1.29 is 9.47 Å². The third-order valence-electron chi connectivity index (χ3n) is 22.1. The van der Waals surface area contributed by atoms with Gasteiger partial charge in [-0.3, -0.25) is 0 Å². The number of allylic oxidation sites excluding steroid dienone is 10. The van der Waals surface area contributed by atoms with E-state index >= 15 is 0 Å². The second-order valence-corrected chi connectivity index (χ2v) is 26.7. The van der Waals surface area contributed by atoms with Crippen LogP contribution < -0.4 is 4.90 Å². The lowest BCUT2D eigenvalue weighted by Gasteiger charge is -2.59. The highest BCUT2D eigenvalue weighted by atomic mass is 32.2. The molecule has 3 heterocycles. The van der Waals surface area contributed by atoms with E-state index in [2.05, 4.69) is 143 Å². The Morgan fingerprint density at radius 2 is 1.36 bits per heavy atom. The van der Waals surface area contributed by atoms with Crippen LogP contribution in [0.2, 0.25) is 0 Å². The van der Waals surface area contributed by atoms with Gasteiger partial charge in [0.05, 0.1) is 29.9 Å². The van der Waals surface area contributed by atoms with E-state index in [0.29, 0.717) is 35.0 Å². The Bertz CT molecular complexity index is 3130. The number of hydrogen-bond acceptors (Lipinski definition) is 4. The van der Waals surface area contributed by atoms with Gasteiger partial charge in [-0.1, -0.05) is 123 Å². The standard InChI is InChI=1S/C68H72N2O2S/c1-2-12-47-46(11-1)48-13-3-5-15-50(48)57-37-64-65(38-58(57)51-16-6-4-14-49(47)51)72-63-36-44(27-29-62(63)71-64)69(43-25-21-39(22-26-43)40-24-30-67-59(32-40)53-18-8-10-20-66(53)73-67)61-35-45(31-42-34-55(42)61)70-60-19-9-7-17-52(60)54-28-23-41-33-56(41)68(54)70/h6-10,16-26,28,30-32,34-35,41,44,46-51,55-59,62-65,67H,1-5,11-15,27,29,33,36-38H2/t41-,44?,46?,47?,48?,49?,50?,51?,55?,56?,57?,58?,59?,62?,63?,64?,65?,67?/m1/s1. The van der Waals surface area contributed by atoms with Gasteiger partial charge in [-0.2, -0.15) is 0 Å². The molecule has 4 nitrogen and oxygen atoms in total. The molecule has 7 fully saturated rings. The van der Waals surface area contributed by atoms with Crippen molar-refractivity contribution in [1.82, 2.24) is 4.57 Å². The average Bonchev–Trinajstić information content (AvgIpc) is 4.36. The summed E-state index contributed by atoms with van der Waals surface area (Å²) in [5.41, 5.74) is 14.0. The summed E-state index contributed by atoms with van der Waals surface area (Å²) in [5, 5.41) is 1.87. The van der Waals surface area contributed by atoms with Crippen LogP contribution in [0.15, 0.2) is 144 Å². The molecule has 0 N–H and O–H groups in total. The summed E-state index contributed by atoms with van der Waals surface area (Å²) in [7, 11) is 0. The molecule has 1 saturated heterocycles. The van der Waals surface area contributed by atoms with Gasteiger partial charge in [-0.15, -0.1) is 11.8 Å². The van der Waals surface area contributed by atoms with Crippen molar-refractivity contribution in [2.45, 2.75) is 155 Å². The molecule has 18 atom stereocenters. The van der Waals surface area contributed by atoms with Gasteiger partial charge in [0.1, 0.15) is 0 Å². The Hall–Kier alpha value is -4.55. The predicted molar refractivity (Wildman–Crippen MR) is 298 cm³/mol. The molecule has 6 saturated carbocycles. The molecule has 3 aromatic carbocycles. The van der Waals surface area contributed by atoms with Gasteiger partial charge in [0.2, 0.25) is 0 Å². The highest BCUT2D eigenvalue weighted by Gasteiger charge is 2.56. The lowest BCUT2D eigenvalue weighted by Crippen LogP contribution is -2.59. The first-order chi connectivity index (χ1) is 36.1. The molecule has 372 valence electrons. The van der Waals surface area contributed by atoms with Crippen LogP contribution in [0.5, 0.6) is 0 Å². The minimum Gasteiger partial charge on any atom is -0.370 e. The van der Waals surface area contributed by atoms with E-state index < -0.39 is 0 Å². The van der Waals surface area contributed by atoms with Gasteiger partial charge in [-0.05, 0) is 189 Å². The Labute approximate surface area is 437 Å². The number of anilines is 1. The lowest BCUT2D eigenvalue weighted by atomic mass is 9.48. The van der Waals surface area contributed by atoms with Gasteiger partial charge in [0.25, 0.3) is 0 Å². The third-order valence-corrected chi connectivity index (χ3v) is 23.4. The van der Waals surface area contributed by atoms with E-state index in [4.69, 9.17) is 9.47 Å². The molecule has 73 heavy (non-hydrogen) atoms. The monoisotopic (exact) mass is 981 g/mol. The smallest absolute Gasteiger partial charge is 0.0861 e. The van der Waals surface area contributed by atoms with Crippen molar-refractivity contribution in [3.8, 4) is 0 Å². The fourth-order valence-corrected chi connectivity index (χ4v) is 20.2. The molecule has 4 aromatic rings. The zero-order valence-corrected chi connectivity index (χ0v) is 43.3. The maximum Gasteiger partial charge on any atom is 0.0861 e. The summed E-state index contributed by atoms with van der Waals surface area (Å²) in [5.74, 6) is 8.95. The van der Waals surface area contributed by atoms with Crippen LogP contribution in [-0.2, 0) is 9.47 Å². The first-order valence-electron chi connectivity index (χ1n) is 29.6. The van der Waals surface area contributed by atoms with Crippen LogP contribution in [0.3, 0.4) is 0 Å². The number of aromatic nitrogens is 1. The highest BCUT2D eigenvalue weighted by molar-refractivity contribution is 8.00. The van der Waals surface area contributed by atoms with Crippen LogP contribution in [-0.4, -0.2) is 40.3 Å². The molecular weight excluding hydrogens is 909 g/mol. The first kappa shape index (κ1) is 43.7. The summed E-state index contributed by atoms with van der Waals surface area (Å²) in [6.07, 6.45) is 47.5. The number of hydrogen-bond donors (Lipinski definition) is 0. The molecule has 17 unspecified atom stereocenters. The van der Waals surface area contributed by atoms with Crippen LogP contribution in [0.25, 0.3) is 28.2 Å². The van der Waals surface area contributed by atoms with E-state index in [1.807, 2.05) is 11.8 Å². The molecule has 1 aromatic heterocycles. The van der Waals surface area contributed by atoms with E-state index in [9.17, 15) is 0 Å². The van der Waals surface area contributed by atoms with Crippen molar-refractivity contribution in [3.63, 3.8) is 0 Å². The quantitative estimate of drug-likeness (QED) is 0.147. The zero-order valence-electron chi connectivity index (χ0n) is 42.5. The summed E-state index contributed by atoms with van der Waals surface area (Å²) < 4.78 is 17.9. The number of benzene rings is 3. The van der Waals surface area contributed by atoms with Crippen LogP contribution >= 0.6 is 11.8 Å². The summed E-state index contributed by atoms with van der Waals surface area (Å²) in [6, 6.07) is 28.3. The third kappa shape index (κ3) is 6.98. The minimum atomic E-state index is 0.122. The highest BCUT2D eigenvalue weighted by Crippen LogP contribution is 2.61. The average molecular weight is 981 g/mol. The zero-order chi connectivity index (χ0) is 47.5. The van der Waals surface area contributed by atoms with Gasteiger partial charge in [-0.25, -0.2) is 0 Å². The second kappa shape index (κ2) is 17.0. The van der Waals surface area contributed by atoms with Gasteiger partial charge < -0.3 is 18.9 Å². The predicted octanol–water partition coefficient (Wildman–Crippen LogP) is 16.1. The Kier molecular flexibility index (Phi) is 10.2. The maximum atomic E-state index is 7.70. The molecule has 17 rings (SSSR count). The number of para-hydroxylation sites is 1. The normalized spacial score (nSPS) is 40.8. The molecule has 11 aliphatic carbocycles. The summed E-state index contributed by atoms with van der Waals surface area (Å²) in [4.78, 5) is 4.25. The van der Waals surface area contributed by atoms with Crippen molar-refractivity contribution in [2.24, 2.45) is 59.2 Å². The summed E-state index contributed by atoms with van der Waals surface area (Å²) >= 11 is 2.02. The lowest BCUT2D eigenvalue weighted by molar-refractivity contribution is -0.259. The first-order valence-corrected chi connectivity index (χ1v) is 30.5. The fourth-order valence-electron chi connectivity index (χ4n) is 18.8. The van der Waals surface area contributed by atoms with Gasteiger partial charge in [0.15, 0.2) is 0 Å². The van der Waals surface area contributed by atoms with E-state index in [1.165, 1.54) is 150 Å². The topological polar surface area (TPSA) is 26.6 Å². The Morgan fingerprint density at radius 1 is 0.603 bits per heavy atom. The number of ether oxygens (including phenoxy) is 2. The number of fused-ring (bicyclic) bond motifs is 19. The van der Waals surface area contributed by atoms with Crippen molar-refractivity contribution >= 4 is 45.7 Å². The molecule has 0 radical (unpaired) electrons. The minimum absolute atomic E-state index is 0.122. The van der Waals surface area contributed by atoms with Crippen LogP contribution in [0.1, 0.15) is 137 Å². The SMILES string of the molecule is C1=CC2C(CC1)C1CCCCC1C1CCCCC1C1CC3OC4CCC(N(C5=CC(n6c7c(c8ccccc86)C=C[C@@H]6CC76)=CC6=CC65)c5ccc(C6=CC7c8ccccc8SC7C=C6)cc5)CC4OC3CC21. The Morgan fingerprint density at radius 3 is 2.22 bits per heavy atom. The molecule has 0 spiro atoms. The molecule has 2 aliphatic heterocycles. The van der Waals surface area contributed by atoms with Gasteiger partial charge >= 0.3 is 0 Å². The fraction of sp³-hybridized carbons (Fsp3) is 0.500.